The van der Waals surface area contributed by atoms with Gasteiger partial charge in [0.05, 0.1) is 13.0 Å². The van der Waals surface area contributed by atoms with Gasteiger partial charge >= 0.3 is 5.97 Å². The fourth-order valence-corrected chi connectivity index (χ4v) is 0.911. The topological polar surface area (TPSA) is 43.4 Å². The second-order valence-electron chi connectivity index (χ2n) is 2.77. The number of carbonyl (C=O) groups excluding carboxylic acids is 2. The maximum absolute atomic E-state index is 10.8. The Balaban J connectivity index is 3.76. The molecule has 0 N–H and O–H groups in total. The molecule has 0 aromatic carbocycles. The van der Waals surface area contributed by atoms with Crippen LogP contribution in [0.15, 0.2) is 0 Å². The molecule has 0 saturated carbocycles. The second-order valence-corrected chi connectivity index (χ2v) is 2.77. The maximum atomic E-state index is 10.8. The minimum absolute atomic E-state index is 0.0656. The molecule has 0 aromatic heterocycles. The van der Waals surface area contributed by atoms with Gasteiger partial charge in [0.15, 0.2) is 0 Å². The summed E-state index contributed by atoms with van der Waals surface area (Å²) in [4.78, 5) is 21.0. The van der Waals surface area contributed by atoms with Gasteiger partial charge < -0.3 is 9.53 Å². The van der Waals surface area contributed by atoms with Crippen LogP contribution in [0.5, 0.6) is 0 Å². The molecular weight excluding hydrogens is 144 g/mol. The van der Waals surface area contributed by atoms with E-state index in [0.717, 1.165) is 6.29 Å². The standard InChI is InChI=1S/C8H14O3/c1-6(5-9)4-7(2)8(10)11-3/h5-7H,4H2,1-3H3/t6-,7?/m1/s1. The van der Waals surface area contributed by atoms with Gasteiger partial charge in [0.1, 0.15) is 6.29 Å². The summed E-state index contributed by atoms with van der Waals surface area (Å²) >= 11 is 0. The first-order valence-electron chi connectivity index (χ1n) is 3.65. The Kier molecular flexibility index (Phi) is 4.50. The molecule has 1 unspecified atom stereocenters. The summed E-state index contributed by atoms with van der Waals surface area (Å²) in [6.45, 7) is 3.54. The molecular formula is C8H14O3. The van der Waals surface area contributed by atoms with E-state index < -0.39 is 0 Å². The zero-order valence-electron chi connectivity index (χ0n) is 7.16. The summed E-state index contributed by atoms with van der Waals surface area (Å²) in [6, 6.07) is 0. The van der Waals surface area contributed by atoms with Gasteiger partial charge in [0.25, 0.3) is 0 Å². The molecule has 0 heterocycles. The van der Waals surface area contributed by atoms with Crippen molar-refractivity contribution >= 4 is 12.3 Å². The van der Waals surface area contributed by atoms with E-state index in [2.05, 4.69) is 4.74 Å². The fraction of sp³-hybridized carbons (Fsp3) is 0.750. The highest BCUT2D eigenvalue weighted by Gasteiger charge is 2.15. The Morgan fingerprint density at radius 3 is 2.45 bits per heavy atom. The van der Waals surface area contributed by atoms with E-state index >= 15 is 0 Å². The molecule has 0 bridgehead atoms. The molecule has 0 aliphatic carbocycles. The van der Waals surface area contributed by atoms with Crippen molar-refractivity contribution in [1.82, 2.24) is 0 Å². The molecule has 0 rings (SSSR count). The Bertz CT molecular complexity index is 142. The van der Waals surface area contributed by atoms with E-state index in [0.29, 0.717) is 6.42 Å². The van der Waals surface area contributed by atoms with Crippen molar-refractivity contribution in [2.24, 2.45) is 11.8 Å². The Morgan fingerprint density at radius 2 is 2.09 bits per heavy atom. The lowest BCUT2D eigenvalue weighted by molar-refractivity contribution is -0.145. The first-order chi connectivity index (χ1) is 5.11. The molecule has 0 amide bonds. The second kappa shape index (κ2) is 4.88. The van der Waals surface area contributed by atoms with Crippen molar-refractivity contribution < 1.29 is 14.3 Å². The number of carbonyl (C=O) groups is 2. The van der Waals surface area contributed by atoms with Gasteiger partial charge in [-0.1, -0.05) is 13.8 Å². The molecule has 11 heavy (non-hydrogen) atoms. The van der Waals surface area contributed by atoms with Crippen molar-refractivity contribution in [2.75, 3.05) is 7.11 Å². The minimum atomic E-state index is -0.251. The molecule has 3 nitrogen and oxygen atoms in total. The first kappa shape index (κ1) is 10.1. The minimum Gasteiger partial charge on any atom is -0.469 e. The Morgan fingerprint density at radius 1 is 1.55 bits per heavy atom. The molecule has 2 atom stereocenters. The highest BCUT2D eigenvalue weighted by Crippen LogP contribution is 2.10. The number of methoxy groups -OCH3 is 1. The third kappa shape index (κ3) is 3.75. The summed E-state index contributed by atoms with van der Waals surface area (Å²) < 4.78 is 4.50. The van der Waals surface area contributed by atoms with E-state index in [1.54, 1.807) is 13.8 Å². The van der Waals surface area contributed by atoms with Crippen LogP contribution in [0.3, 0.4) is 0 Å². The first-order valence-corrected chi connectivity index (χ1v) is 3.65. The van der Waals surface area contributed by atoms with Crippen molar-refractivity contribution in [3.05, 3.63) is 0 Å². The normalized spacial score (nSPS) is 15.2. The van der Waals surface area contributed by atoms with Crippen LogP contribution in [0.1, 0.15) is 20.3 Å². The van der Waals surface area contributed by atoms with E-state index in [-0.39, 0.29) is 17.8 Å². The number of aldehydes is 1. The van der Waals surface area contributed by atoms with Crippen LogP contribution in [0, 0.1) is 11.8 Å². The number of rotatable bonds is 4. The van der Waals surface area contributed by atoms with Gasteiger partial charge in [-0.05, 0) is 6.42 Å². The third-order valence-corrected chi connectivity index (χ3v) is 1.56. The van der Waals surface area contributed by atoms with Gasteiger partial charge in [-0.15, -0.1) is 0 Å². The SMILES string of the molecule is COC(=O)C(C)C[C@@H](C)C=O. The highest BCUT2D eigenvalue weighted by atomic mass is 16.5. The molecule has 0 spiro atoms. The predicted molar refractivity (Wildman–Crippen MR) is 41.0 cm³/mol. The number of esters is 1. The summed E-state index contributed by atoms with van der Waals surface area (Å²) in [5.74, 6) is -0.497. The van der Waals surface area contributed by atoms with Crippen LogP contribution >= 0.6 is 0 Å². The Labute approximate surface area is 66.7 Å². The third-order valence-electron chi connectivity index (χ3n) is 1.56. The molecule has 0 aliphatic rings. The van der Waals surface area contributed by atoms with Crippen LogP contribution in [0.4, 0.5) is 0 Å². The van der Waals surface area contributed by atoms with Crippen LogP contribution in [-0.2, 0) is 14.3 Å². The summed E-state index contributed by atoms with van der Waals surface area (Å²) in [5, 5.41) is 0. The fourth-order valence-electron chi connectivity index (χ4n) is 0.911. The lowest BCUT2D eigenvalue weighted by Gasteiger charge is -2.09. The molecule has 3 heteroatoms. The van der Waals surface area contributed by atoms with Gasteiger partial charge in [-0.25, -0.2) is 0 Å². The van der Waals surface area contributed by atoms with E-state index in [1.807, 2.05) is 0 Å². The van der Waals surface area contributed by atoms with Crippen LogP contribution in [-0.4, -0.2) is 19.4 Å². The van der Waals surface area contributed by atoms with Gasteiger partial charge in [-0.3, -0.25) is 4.79 Å². The molecule has 64 valence electrons. The summed E-state index contributed by atoms with van der Waals surface area (Å²) in [6.07, 6.45) is 1.41. The average molecular weight is 158 g/mol. The Hall–Kier alpha value is -0.860. The number of hydrogen-bond acceptors (Lipinski definition) is 3. The predicted octanol–water partition coefficient (Wildman–Crippen LogP) is 1.02. The molecule has 0 fully saturated rings. The lowest BCUT2D eigenvalue weighted by atomic mass is 9.99. The van der Waals surface area contributed by atoms with Crippen molar-refractivity contribution in [3.63, 3.8) is 0 Å². The smallest absolute Gasteiger partial charge is 0.308 e. The van der Waals surface area contributed by atoms with E-state index in [1.165, 1.54) is 7.11 Å². The van der Waals surface area contributed by atoms with Crippen molar-refractivity contribution in [1.29, 1.82) is 0 Å². The van der Waals surface area contributed by atoms with E-state index in [9.17, 15) is 9.59 Å². The lowest BCUT2D eigenvalue weighted by Crippen LogP contribution is -2.16. The van der Waals surface area contributed by atoms with Crippen LogP contribution in [0.25, 0.3) is 0 Å². The largest absolute Gasteiger partial charge is 0.469 e. The van der Waals surface area contributed by atoms with Crippen LogP contribution in [0.2, 0.25) is 0 Å². The highest BCUT2D eigenvalue weighted by molar-refractivity contribution is 5.72. The molecule has 0 radical (unpaired) electrons. The molecule has 0 aliphatic heterocycles. The summed E-state index contributed by atoms with van der Waals surface area (Å²) in [5.41, 5.74) is 0. The zero-order chi connectivity index (χ0) is 8.85. The summed E-state index contributed by atoms with van der Waals surface area (Å²) in [7, 11) is 1.35. The van der Waals surface area contributed by atoms with Gasteiger partial charge in [0, 0.05) is 5.92 Å². The van der Waals surface area contributed by atoms with Gasteiger partial charge in [0.2, 0.25) is 0 Å². The molecule has 0 aromatic rings. The number of ether oxygens (including phenoxy) is 1. The maximum Gasteiger partial charge on any atom is 0.308 e. The van der Waals surface area contributed by atoms with Gasteiger partial charge in [-0.2, -0.15) is 0 Å². The quantitative estimate of drug-likeness (QED) is 0.453. The van der Waals surface area contributed by atoms with Crippen molar-refractivity contribution in [2.45, 2.75) is 20.3 Å². The van der Waals surface area contributed by atoms with Crippen molar-refractivity contribution in [3.8, 4) is 0 Å². The number of hydrogen-bond donors (Lipinski definition) is 0. The molecule has 0 saturated heterocycles. The zero-order valence-corrected chi connectivity index (χ0v) is 7.16. The van der Waals surface area contributed by atoms with Crippen LogP contribution < -0.4 is 0 Å². The monoisotopic (exact) mass is 158 g/mol. The van der Waals surface area contributed by atoms with E-state index in [4.69, 9.17) is 0 Å². The average Bonchev–Trinajstić information content (AvgIpc) is 2.02.